The Morgan fingerprint density at radius 2 is 2.04 bits per heavy atom. The molecule has 6 nitrogen and oxygen atoms in total. The van der Waals surface area contributed by atoms with Crippen molar-refractivity contribution < 1.29 is 24.1 Å². The number of rotatable bonds is 4. The minimum absolute atomic E-state index is 0.114. The fraction of sp³-hybridized carbons (Fsp3) is 0.588. The number of likely N-dealkylation sites (tertiary alicyclic amines) is 1. The molecule has 1 saturated heterocycles. The molecule has 128 valence electrons. The van der Waals surface area contributed by atoms with Crippen LogP contribution in [0.4, 0.5) is 4.79 Å². The Hall–Kier alpha value is -1.95. The van der Waals surface area contributed by atoms with Crippen LogP contribution in [0.3, 0.4) is 0 Å². The molecule has 0 unspecified atom stereocenters. The van der Waals surface area contributed by atoms with Gasteiger partial charge in [-0.2, -0.15) is 0 Å². The summed E-state index contributed by atoms with van der Waals surface area (Å²) in [5, 5.41) is 9.52. The van der Waals surface area contributed by atoms with E-state index < -0.39 is 11.7 Å². The van der Waals surface area contributed by atoms with Crippen LogP contribution >= 0.6 is 0 Å². The Bertz CT molecular complexity index is 540. The molecule has 0 radical (unpaired) electrons. The second kappa shape index (κ2) is 7.08. The molecule has 1 amide bonds. The minimum atomic E-state index is -0.567. The highest BCUT2D eigenvalue weighted by Gasteiger charge is 2.38. The van der Waals surface area contributed by atoms with Crippen LogP contribution in [0.25, 0.3) is 0 Å². The van der Waals surface area contributed by atoms with Crippen molar-refractivity contribution >= 4 is 6.09 Å². The van der Waals surface area contributed by atoms with Gasteiger partial charge in [0, 0.05) is 12.5 Å². The lowest BCUT2D eigenvalue weighted by molar-refractivity contribution is 0.0165. The maximum absolute atomic E-state index is 12.2. The van der Waals surface area contributed by atoms with Gasteiger partial charge in [-0.1, -0.05) is 6.07 Å². The number of carbonyl (C=O) groups is 1. The average Bonchev–Trinajstić information content (AvgIpc) is 2.89. The average molecular weight is 323 g/mol. The number of aliphatic hydroxyl groups is 1. The Balaban J connectivity index is 2.01. The number of hydrogen-bond donors (Lipinski definition) is 1. The largest absolute Gasteiger partial charge is 0.497 e. The van der Waals surface area contributed by atoms with Crippen LogP contribution in [0.15, 0.2) is 24.3 Å². The molecule has 6 heteroatoms. The van der Waals surface area contributed by atoms with Gasteiger partial charge in [0.2, 0.25) is 0 Å². The molecule has 1 aromatic rings. The number of methoxy groups -OCH3 is 1. The number of carbonyl (C=O) groups excluding carboxylic acids is 1. The highest BCUT2D eigenvalue weighted by molar-refractivity contribution is 5.69. The van der Waals surface area contributed by atoms with Gasteiger partial charge in [0.1, 0.15) is 23.2 Å². The van der Waals surface area contributed by atoms with Crippen molar-refractivity contribution in [3.8, 4) is 11.5 Å². The monoisotopic (exact) mass is 323 g/mol. The highest BCUT2D eigenvalue weighted by atomic mass is 16.6. The van der Waals surface area contributed by atoms with E-state index >= 15 is 0 Å². The van der Waals surface area contributed by atoms with Gasteiger partial charge < -0.3 is 19.3 Å². The highest BCUT2D eigenvalue weighted by Crippen LogP contribution is 2.26. The van der Waals surface area contributed by atoms with Crippen LogP contribution in [-0.2, 0) is 4.74 Å². The Labute approximate surface area is 136 Å². The van der Waals surface area contributed by atoms with E-state index in [1.165, 1.54) is 4.90 Å². The number of aliphatic hydroxyl groups excluding tert-OH is 1. The Morgan fingerprint density at radius 3 is 2.65 bits per heavy atom. The zero-order chi connectivity index (χ0) is 17.0. The van der Waals surface area contributed by atoms with Gasteiger partial charge in [-0.15, -0.1) is 0 Å². The summed E-state index contributed by atoms with van der Waals surface area (Å²) in [6.07, 6.45) is -0.0486. The van der Waals surface area contributed by atoms with Gasteiger partial charge in [0.05, 0.1) is 26.3 Å². The lowest BCUT2D eigenvalue weighted by atomic mass is 10.2. The van der Waals surface area contributed by atoms with Gasteiger partial charge in [0.25, 0.3) is 0 Å². The molecule has 1 aromatic carbocycles. The quantitative estimate of drug-likeness (QED) is 0.922. The first-order chi connectivity index (χ1) is 10.8. The molecule has 23 heavy (non-hydrogen) atoms. The summed E-state index contributed by atoms with van der Waals surface area (Å²) in [6.45, 7) is 5.73. The first kappa shape index (κ1) is 17.4. The van der Waals surface area contributed by atoms with Crippen molar-refractivity contribution in [3.63, 3.8) is 0 Å². The molecule has 0 spiro atoms. The van der Waals surface area contributed by atoms with E-state index in [0.29, 0.717) is 24.5 Å². The molecule has 1 N–H and O–H groups in total. The van der Waals surface area contributed by atoms with Crippen LogP contribution in [0.5, 0.6) is 11.5 Å². The third-order valence-electron chi connectivity index (χ3n) is 3.56. The molecule has 2 rings (SSSR count). The third-order valence-corrected chi connectivity index (χ3v) is 3.56. The van der Waals surface area contributed by atoms with E-state index in [0.717, 1.165) is 0 Å². The summed E-state index contributed by atoms with van der Waals surface area (Å²) in [5.41, 5.74) is -0.567. The van der Waals surface area contributed by atoms with Crippen molar-refractivity contribution in [3.05, 3.63) is 24.3 Å². The molecule has 2 atom stereocenters. The summed E-state index contributed by atoms with van der Waals surface area (Å²) in [6, 6.07) is 7.03. The summed E-state index contributed by atoms with van der Waals surface area (Å²) in [5.74, 6) is 1.39. The zero-order valence-electron chi connectivity index (χ0n) is 14.1. The van der Waals surface area contributed by atoms with Crippen LogP contribution in [-0.4, -0.2) is 54.1 Å². The van der Waals surface area contributed by atoms with Gasteiger partial charge in [-0.25, -0.2) is 4.79 Å². The third kappa shape index (κ3) is 4.76. The molecule has 1 heterocycles. The van der Waals surface area contributed by atoms with Gasteiger partial charge >= 0.3 is 6.09 Å². The summed E-state index contributed by atoms with van der Waals surface area (Å²) in [4.78, 5) is 13.8. The fourth-order valence-electron chi connectivity index (χ4n) is 2.54. The number of ether oxygens (including phenoxy) is 3. The predicted octanol–water partition coefficient (Wildman–Crippen LogP) is 2.44. The standard InChI is InChI=1S/C17H25NO5/c1-17(2,3)23-16(20)18-10-15(8-12(18)11-19)22-14-7-5-6-13(9-14)21-4/h5-7,9,12,15,19H,8,10-11H2,1-4H3/t12-,15-/m1/s1. The molecular formula is C17H25NO5. The van der Waals surface area contributed by atoms with Crippen molar-refractivity contribution in [1.82, 2.24) is 4.90 Å². The van der Waals surface area contributed by atoms with Crippen LogP contribution in [0.2, 0.25) is 0 Å². The second-order valence-electron chi connectivity index (χ2n) is 6.62. The maximum Gasteiger partial charge on any atom is 0.410 e. The molecule has 0 aromatic heterocycles. The van der Waals surface area contributed by atoms with Crippen LogP contribution < -0.4 is 9.47 Å². The summed E-state index contributed by atoms with van der Waals surface area (Å²) < 4.78 is 16.5. The number of amides is 1. The fourth-order valence-corrected chi connectivity index (χ4v) is 2.54. The lowest BCUT2D eigenvalue weighted by Crippen LogP contribution is -2.41. The van der Waals surface area contributed by atoms with Crippen molar-refractivity contribution in [2.24, 2.45) is 0 Å². The smallest absolute Gasteiger partial charge is 0.410 e. The van der Waals surface area contributed by atoms with E-state index in [1.807, 2.05) is 39.0 Å². The van der Waals surface area contributed by atoms with E-state index in [1.54, 1.807) is 13.2 Å². The molecule has 1 aliphatic heterocycles. The number of benzene rings is 1. The van der Waals surface area contributed by atoms with E-state index in [4.69, 9.17) is 14.2 Å². The summed E-state index contributed by atoms with van der Waals surface area (Å²) in [7, 11) is 1.60. The number of hydrogen-bond acceptors (Lipinski definition) is 5. The topological polar surface area (TPSA) is 68.2 Å². The van der Waals surface area contributed by atoms with Crippen LogP contribution in [0, 0.1) is 0 Å². The first-order valence-corrected chi connectivity index (χ1v) is 7.73. The lowest BCUT2D eigenvalue weighted by Gasteiger charge is -2.27. The Kier molecular flexibility index (Phi) is 5.36. The van der Waals surface area contributed by atoms with Crippen molar-refractivity contribution in [2.75, 3.05) is 20.3 Å². The molecule has 1 aliphatic rings. The first-order valence-electron chi connectivity index (χ1n) is 7.73. The van der Waals surface area contributed by atoms with Gasteiger partial charge in [0.15, 0.2) is 0 Å². The SMILES string of the molecule is COc1cccc(O[C@@H]2C[C@H](CO)N(C(=O)OC(C)(C)C)C2)c1. The number of nitrogens with zero attached hydrogens (tertiary/aromatic N) is 1. The Morgan fingerprint density at radius 1 is 1.35 bits per heavy atom. The summed E-state index contributed by atoms with van der Waals surface area (Å²) >= 11 is 0. The van der Waals surface area contributed by atoms with Crippen molar-refractivity contribution in [1.29, 1.82) is 0 Å². The second-order valence-corrected chi connectivity index (χ2v) is 6.62. The molecule has 0 bridgehead atoms. The van der Waals surface area contributed by atoms with Crippen LogP contribution in [0.1, 0.15) is 27.2 Å². The van der Waals surface area contributed by atoms with E-state index in [-0.39, 0.29) is 18.8 Å². The molecule has 0 aliphatic carbocycles. The van der Waals surface area contributed by atoms with Gasteiger partial charge in [-0.3, -0.25) is 4.90 Å². The normalized spacial score (nSPS) is 21.2. The predicted molar refractivity (Wildman–Crippen MR) is 85.8 cm³/mol. The van der Waals surface area contributed by atoms with Crippen molar-refractivity contribution in [2.45, 2.75) is 44.9 Å². The van der Waals surface area contributed by atoms with Gasteiger partial charge in [-0.05, 0) is 32.9 Å². The maximum atomic E-state index is 12.2. The zero-order valence-corrected chi connectivity index (χ0v) is 14.1. The minimum Gasteiger partial charge on any atom is -0.497 e. The molecule has 0 saturated carbocycles. The van der Waals surface area contributed by atoms with E-state index in [2.05, 4.69) is 0 Å². The van der Waals surface area contributed by atoms with E-state index in [9.17, 15) is 9.90 Å². The molecule has 1 fully saturated rings. The molecular weight excluding hydrogens is 298 g/mol.